The molecule has 0 aliphatic heterocycles. The third kappa shape index (κ3) is 1.97. The maximum Gasteiger partial charge on any atom is 0.171 e. The Balaban J connectivity index is 2.66. The van der Waals surface area contributed by atoms with Gasteiger partial charge in [-0.3, -0.25) is 0 Å². The lowest BCUT2D eigenvalue weighted by Gasteiger charge is -2.08. The minimum absolute atomic E-state index is 0.137. The van der Waals surface area contributed by atoms with Crippen molar-refractivity contribution >= 4 is 39.3 Å². The molecule has 0 N–H and O–H groups in total. The molecule has 1 atom stereocenters. The van der Waals surface area contributed by atoms with Gasteiger partial charge in [0.05, 0.1) is 11.0 Å². The Morgan fingerprint density at radius 1 is 1.56 bits per heavy atom. The van der Waals surface area contributed by atoms with Crippen LogP contribution in [0.3, 0.4) is 0 Å². The normalized spacial score (nSPS) is 13.2. The van der Waals surface area contributed by atoms with E-state index in [0.29, 0.717) is 5.82 Å². The van der Waals surface area contributed by atoms with Crippen molar-refractivity contribution in [2.45, 2.75) is 13.0 Å². The summed E-state index contributed by atoms with van der Waals surface area (Å²) in [5, 5.41) is 0. The minimum Gasteiger partial charge on any atom is -0.374 e. The Labute approximate surface area is 106 Å². The molecule has 0 aliphatic carbocycles. The van der Waals surface area contributed by atoms with Crippen molar-refractivity contribution in [2.24, 2.45) is 0 Å². The standard InChI is InChI=1S/C10H10BrFN2OS/c1-6(15-2)10-13-8-4-3-7(11)5-9(8)14(10)16-12/h3-6H,1-2H3. The topological polar surface area (TPSA) is 27.1 Å². The molecule has 1 heterocycles. The van der Waals surface area contributed by atoms with Crippen LogP contribution in [0.2, 0.25) is 0 Å². The zero-order chi connectivity index (χ0) is 11.7. The second-order valence-electron chi connectivity index (χ2n) is 3.34. The highest BCUT2D eigenvalue weighted by Gasteiger charge is 2.17. The molecule has 0 amide bonds. The number of aromatic nitrogens is 2. The molecule has 0 radical (unpaired) electrons. The van der Waals surface area contributed by atoms with Crippen LogP contribution in [0.1, 0.15) is 18.9 Å². The van der Waals surface area contributed by atoms with E-state index in [1.165, 1.54) is 3.97 Å². The number of fused-ring (bicyclic) bond motifs is 1. The van der Waals surface area contributed by atoms with Gasteiger partial charge in [-0.1, -0.05) is 15.9 Å². The van der Waals surface area contributed by atoms with Crippen molar-refractivity contribution in [1.82, 2.24) is 8.96 Å². The Bertz CT molecular complexity index is 517. The van der Waals surface area contributed by atoms with Crippen LogP contribution < -0.4 is 0 Å². The number of ether oxygens (including phenoxy) is 1. The Hall–Kier alpha value is -0.590. The number of hydrogen-bond acceptors (Lipinski definition) is 3. The molecule has 3 nitrogen and oxygen atoms in total. The molecule has 86 valence electrons. The highest BCUT2D eigenvalue weighted by atomic mass is 79.9. The number of methoxy groups -OCH3 is 1. The Morgan fingerprint density at radius 2 is 2.31 bits per heavy atom. The third-order valence-electron chi connectivity index (χ3n) is 2.39. The van der Waals surface area contributed by atoms with Crippen LogP contribution in [-0.4, -0.2) is 16.1 Å². The van der Waals surface area contributed by atoms with E-state index in [0.717, 1.165) is 15.5 Å². The van der Waals surface area contributed by atoms with Crippen LogP contribution in [-0.2, 0) is 4.74 Å². The molecule has 2 rings (SSSR count). The van der Waals surface area contributed by atoms with Gasteiger partial charge < -0.3 is 4.74 Å². The van der Waals surface area contributed by atoms with E-state index in [2.05, 4.69) is 20.9 Å². The average molecular weight is 305 g/mol. The second-order valence-corrected chi connectivity index (χ2v) is 4.76. The maximum absolute atomic E-state index is 12.9. The van der Waals surface area contributed by atoms with Gasteiger partial charge in [0, 0.05) is 11.6 Å². The van der Waals surface area contributed by atoms with Crippen LogP contribution >= 0.6 is 28.3 Å². The van der Waals surface area contributed by atoms with Crippen molar-refractivity contribution in [1.29, 1.82) is 0 Å². The van der Waals surface area contributed by atoms with E-state index < -0.39 is 0 Å². The Morgan fingerprint density at radius 3 is 2.94 bits per heavy atom. The first-order chi connectivity index (χ1) is 7.67. The first-order valence-corrected chi connectivity index (χ1v) is 6.14. The lowest BCUT2D eigenvalue weighted by molar-refractivity contribution is 0.112. The quantitative estimate of drug-likeness (QED) is 0.861. The number of nitrogens with zero attached hydrogens (tertiary/aromatic N) is 2. The van der Waals surface area contributed by atoms with Gasteiger partial charge in [0.2, 0.25) is 0 Å². The fourth-order valence-corrected chi connectivity index (χ4v) is 2.31. The van der Waals surface area contributed by atoms with Gasteiger partial charge in [-0.25, -0.2) is 8.96 Å². The summed E-state index contributed by atoms with van der Waals surface area (Å²) < 4.78 is 20.4. The number of hydrogen-bond donors (Lipinski definition) is 0. The van der Waals surface area contributed by atoms with Crippen molar-refractivity contribution in [3.63, 3.8) is 0 Å². The molecule has 1 unspecified atom stereocenters. The van der Waals surface area contributed by atoms with E-state index >= 15 is 0 Å². The summed E-state index contributed by atoms with van der Waals surface area (Å²) in [5.74, 6) is 0.572. The van der Waals surface area contributed by atoms with Crippen molar-refractivity contribution in [2.75, 3.05) is 7.11 Å². The number of imidazole rings is 1. The molecule has 6 heteroatoms. The lowest BCUT2D eigenvalue weighted by Crippen LogP contribution is -2.02. The molecule has 0 saturated carbocycles. The smallest absolute Gasteiger partial charge is 0.171 e. The second kappa shape index (κ2) is 4.73. The van der Waals surface area contributed by atoms with Crippen LogP contribution in [0.4, 0.5) is 3.89 Å². The first-order valence-electron chi connectivity index (χ1n) is 4.67. The van der Waals surface area contributed by atoms with Gasteiger partial charge in [0.15, 0.2) is 18.2 Å². The predicted molar refractivity (Wildman–Crippen MR) is 67.0 cm³/mol. The van der Waals surface area contributed by atoms with Gasteiger partial charge in [0.25, 0.3) is 0 Å². The summed E-state index contributed by atoms with van der Waals surface area (Å²) in [4.78, 5) is 4.35. The molecule has 1 aromatic heterocycles. The SMILES string of the molecule is COC(C)c1nc2ccc(Br)cc2n1SF. The first kappa shape index (κ1) is 11.9. The van der Waals surface area contributed by atoms with Gasteiger partial charge >= 0.3 is 0 Å². The van der Waals surface area contributed by atoms with E-state index in [4.69, 9.17) is 4.74 Å². The average Bonchev–Trinajstić information content (AvgIpc) is 2.65. The molecule has 2 aromatic rings. The van der Waals surface area contributed by atoms with E-state index in [9.17, 15) is 3.89 Å². The maximum atomic E-state index is 12.9. The molecule has 0 aliphatic rings. The zero-order valence-electron chi connectivity index (χ0n) is 8.78. The third-order valence-corrected chi connectivity index (χ3v) is 3.40. The van der Waals surface area contributed by atoms with Gasteiger partial charge in [-0.05, 0) is 25.1 Å². The fraction of sp³-hybridized carbons (Fsp3) is 0.300. The minimum atomic E-state index is -0.241. The van der Waals surface area contributed by atoms with Crippen LogP contribution in [0, 0.1) is 0 Å². The molecule has 0 spiro atoms. The summed E-state index contributed by atoms with van der Waals surface area (Å²) in [6.07, 6.45) is -0.241. The number of halogens is 2. The molecule has 0 fully saturated rings. The zero-order valence-corrected chi connectivity index (χ0v) is 11.2. The monoisotopic (exact) mass is 304 g/mol. The van der Waals surface area contributed by atoms with Crippen molar-refractivity contribution in [3.8, 4) is 0 Å². The fourth-order valence-electron chi connectivity index (χ4n) is 1.48. The number of benzene rings is 1. The van der Waals surface area contributed by atoms with Crippen molar-refractivity contribution in [3.05, 3.63) is 28.5 Å². The largest absolute Gasteiger partial charge is 0.374 e. The molecular weight excluding hydrogens is 295 g/mol. The van der Waals surface area contributed by atoms with Gasteiger partial charge in [-0.2, -0.15) is 0 Å². The highest BCUT2D eigenvalue weighted by molar-refractivity contribution is 9.10. The molecule has 0 bridgehead atoms. The van der Waals surface area contributed by atoms with Crippen LogP contribution in [0.15, 0.2) is 22.7 Å². The lowest BCUT2D eigenvalue weighted by atomic mass is 10.3. The number of rotatable bonds is 3. The summed E-state index contributed by atoms with van der Waals surface area (Å²) in [7, 11) is 1.58. The molecule has 16 heavy (non-hydrogen) atoms. The van der Waals surface area contributed by atoms with E-state index in [-0.39, 0.29) is 18.4 Å². The predicted octanol–water partition coefficient (Wildman–Crippen LogP) is 3.89. The Kier molecular flexibility index (Phi) is 3.51. The summed E-state index contributed by atoms with van der Waals surface area (Å²) in [5.41, 5.74) is 1.49. The van der Waals surface area contributed by atoms with E-state index in [1.54, 1.807) is 7.11 Å². The summed E-state index contributed by atoms with van der Waals surface area (Å²) >= 11 is 3.49. The van der Waals surface area contributed by atoms with Crippen molar-refractivity contribution < 1.29 is 8.62 Å². The molecule has 0 saturated heterocycles. The molecular formula is C10H10BrFN2OS. The van der Waals surface area contributed by atoms with Crippen LogP contribution in [0.25, 0.3) is 11.0 Å². The van der Waals surface area contributed by atoms with E-state index in [1.807, 2.05) is 25.1 Å². The van der Waals surface area contributed by atoms with Crippen LogP contribution in [0.5, 0.6) is 0 Å². The van der Waals surface area contributed by atoms with Gasteiger partial charge in [0.1, 0.15) is 6.10 Å². The summed E-state index contributed by atoms with van der Waals surface area (Å²) in [6, 6.07) is 5.56. The molecule has 1 aromatic carbocycles. The highest BCUT2D eigenvalue weighted by Crippen LogP contribution is 2.29. The summed E-state index contributed by atoms with van der Waals surface area (Å²) in [6.45, 7) is 1.84. The van der Waals surface area contributed by atoms with Gasteiger partial charge in [-0.15, -0.1) is 3.89 Å².